The third-order valence-corrected chi connectivity index (χ3v) is 4.58. The quantitative estimate of drug-likeness (QED) is 0.699. The molecule has 0 aliphatic carbocycles. The molecule has 5 nitrogen and oxygen atoms in total. The van der Waals surface area contributed by atoms with Crippen molar-refractivity contribution < 1.29 is 9.47 Å². The zero-order chi connectivity index (χ0) is 18.1. The van der Waals surface area contributed by atoms with Gasteiger partial charge in [0.25, 0.3) is 0 Å². The van der Waals surface area contributed by atoms with Crippen LogP contribution in [-0.2, 0) is 6.54 Å². The van der Waals surface area contributed by atoms with Crippen LogP contribution in [0.2, 0.25) is 5.02 Å². The zero-order valence-corrected chi connectivity index (χ0v) is 15.1. The molecule has 3 aromatic rings. The summed E-state index contributed by atoms with van der Waals surface area (Å²) in [5.41, 5.74) is 5.34. The largest absolute Gasteiger partial charge is 0.497 e. The Morgan fingerprint density at radius 2 is 1.85 bits per heavy atom. The first-order valence-corrected chi connectivity index (χ1v) is 8.45. The first-order chi connectivity index (χ1) is 12.7. The van der Waals surface area contributed by atoms with Gasteiger partial charge in [-0.25, -0.2) is 9.97 Å². The van der Waals surface area contributed by atoms with E-state index in [0.29, 0.717) is 17.3 Å². The molecular formula is C20H16ClN3O2. The molecule has 26 heavy (non-hydrogen) atoms. The molecule has 0 radical (unpaired) electrons. The van der Waals surface area contributed by atoms with Gasteiger partial charge in [0.2, 0.25) is 0 Å². The number of aromatic nitrogens is 2. The van der Waals surface area contributed by atoms with Gasteiger partial charge in [-0.2, -0.15) is 0 Å². The van der Waals surface area contributed by atoms with Crippen LogP contribution < -0.4 is 9.47 Å². The monoisotopic (exact) mass is 365 g/mol. The van der Waals surface area contributed by atoms with E-state index in [1.54, 1.807) is 26.7 Å². The second-order valence-corrected chi connectivity index (χ2v) is 6.25. The number of ether oxygens (including phenoxy) is 2. The minimum Gasteiger partial charge on any atom is -0.497 e. The van der Waals surface area contributed by atoms with Gasteiger partial charge in [0.05, 0.1) is 32.2 Å². The number of benzene rings is 2. The second kappa shape index (κ2) is 6.77. The molecular weight excluding hydrogens is 350 g/mol. The summed E-state index contributed by atoms with van der Waals surface area (Å²) >= 11 is 6.30. The Kier molecular flexibility index (Phi) is 4.31. The van der Waals surface area contributed by atoms with Crippen LogP contribution in [0.4, 0.5) is 0 Å². The van der Waals surface area contributed by atoms with Gasteiger partial charge >= 0.3 is 0 Å². The minimum atomic E-state index is 0.470. The van der Waals surface area contributed by atoms with Crippen molar-refractivity contribution in [2.24, 2.45) is 4.99 Å². The summed E-state index contributed by atoms with van der Waals surface area (Å²) in [4.78, 5) is 13.5. The van der Waals surface area contributed by atoms with Crippen molar-refractivity contribution >= 4 is 17.3 Å². The first-order valence-electron chi connectivity index (χ1n) is 8.07. The predicted molar refractivity (Wildman–Crippen MR) is 101 cm³/mol. The van der Waals surface area contributed by atoms with Crippen LogP contribution in [0.5, 0.6) is 11.5 Å². The lowest BCUT2D eigenvalue weighted by atomic mass is 9.95. The van der Waals surface area contributed by atoms with E-state index < -0.39 is 0 Å². The Bertz CT molecular complexity index is 1020. The minimum absolute atomic E-state index is 0.470. The fourth-order valence-corrected chi connectivity index (χ4v) is 3.29. The van der Waals surface area contributed by atoms with Crippen molar-refractivity contribution in [2.75, 3.05) is 14.2 Å². The normalized spacial score (nSPS) is 12.5. The van der Waals surface area contributed by atoms with Crippen molar-refractivity contribution in [2.45, 2.75) is 6.54 Å². The number of hydrogen-bond acceptors (Lipinski definition) is 5. The Morgan fingerprint density at radius 1 is 0.962 bits per heavy atom. The summed E-state index contributed by atoms with van der Waals surface area (Å²) in [6.07, 6.45) is 3.35. The Hall–Kier alpha value is -2.92. The summed E-state index contributed by atoms with van der Waals surface area (Å²) in [6.45, 7) is 0.470. The van der Waals surface area contributed by atoms with Crippen LogP contribution in [0, 0.1) is 0 Å². The van der Waals surface area contributed by atoms with Crippen LogP contribution >= 0.6 is 11.6 Å². The highest BCUT2D eigenvalue weighted by molar-refractivity contribution is 6.31. The van der Waals surface area contributed by atoms with E-state index in [1.165, 1.54) is 0 Å². The smallest absolute Gasteiger partial charge is 0.128 e. The number of methoxy groups -OCH3 is 2. The lowest BCUT2D eigenvalue weighted by molar-refractivity contribution is 0.402. The molecule has 0 amide bonds. The van der Waals surface area contributed by atoms with Gasteiger partial charge in [-0.05, 0) is 30.3 Å². The molecule has 0 saturated heterocycles. The molecule has 0 fully saturated rings. The molecule has 0 spiro atoms. The van der Waals surface area contributed by atoms with E-state index >= 15 is 0 Å². The molecule has 2 heterocycles. The van der Waals surface area contributed by atoms with E-state index in [2.05, 4.69) is 9.97 Å². The molecule has 4 rings (SSSR count). The number of halogens is 1. The van der Waals surface area contributed by atoms with E-state index in [4.69, 9.17) is 26.1 Å². The lowest BCUT2D eigenvalue weighted by Crippen LogP contribution is -2.07. The standard InChI is InChI=1S/C20H16ClN3O2/c1-25-14-4-6-18(26-2)17(8-14)20-16-7-13(21)3-5-15(16)19-12(10-23-20)9-22-11-24-19/h3-9,11H,10H2,1-2H3. The zero-order valence-electron chi connectivity index (χ0n) is 14.4. The van der Waals surface area contributed by atoms with Crippen LogP contribution in [0.3, 0.4) is 0 Å². The van der Waals surface area contributed by atoms with Gasteiger partial charge in [-0.3, -0.25) is 4.99 Å². The Balaban J connectivity index is 2.00. The molecule has 6 heteroatoms. The summed E-state index contributed by atoms with van der Waals surface area (Å²) in [7, 11) is 3.28. The predicted octanol–water partition coefficient (Wildman–Crippen LogP) is 4.17. The molecule has 1 aliphatic rings. The Morgan fingerprint density at radius 3 is 2.65 bits per heavy atom. The number of fused-ring (bicyclic) bond motifs is 3. The van der Waals surface area contributed by atoms with Crippen LogP contribution in [0.1, 0.15) is 16.7 Å². The summed E-state index contributed by atoms with van der Waals surface area (Å²) < 4.78 is 11.0. The molecule has 0 bridgehead atoms. The molecule has 1 aromatic heterocycles. The maximum absolute atomic E-state index is 6.30. The van der Waals surface area contributed by atoms with Crippen molar-refractivity contribution in [3.8, 4) is 22.8 Å². The average Bonchev–Trinajstić information content (AvgIpc) is 2.84. The van der Waals surface area contributed by atoms with Crippen molar-refractivity contribution in [3.05, 3.63) is 70.6 Å². The summed E-state index contributed by atoms with van der Waals surface area (Å²) in [5.74, 6) is 1.45. The van der Waals surface area contributed by atoms with E-state index in [-0.39, 0.29) is 0 Å². The van der Waals surface area contributed by atoms with Crippen LogP contribution in [-0.4, -0.2) is 29.9 Å². The summed E-state index contributed by atoms with van der Waals surface area (Å²) in [6, 6.07) is 11.4. The topological polar surface area (TPSA) is 56.6 Å². The molecule has 0 N–H and O–H groups in total. The number of aliphatic imine (C=N–C) groups is 1. The number of hydrogen-bond donors (Lipinski definition) is 0. The average molecular weight is 366 g/mol. The first kappa shape index (κ1) is 16.5. The van der Waals surface area contributed by atoms with E-state index in [1.807, 2.05) is 36.4 Å². The van der Waals surface area contributed by atoms with Gasteiger partial charge < -0.3 is 9.47 Å². The SMILES string of the molecule is COc1ccc(OC)c(C2=NCc3cncnc3-c3ccc(Cl)cc32)c1. The van der Waals surface area contributed by atoms with Gasteiger partial charge in [-0.15, -0.1) is 0 Å². The van der Waals surface area contributed by atoms with Gasteiger partial charge in [0.1, 0.15) is 17.8 Å². The lowest BCUT2D eigenvalue weighted by Gasteiger charge is -2.15. The van der Waals surface area contributed by atoms with Crippen LogP contribution in [0.15, 0.2) is 53.9 Å². The molecule has 130 valence electrons. The van der Waals surface area contributed by atoms with E-state index in [9.17, 15) is 0 Å². The third kappa shape index (κ3) is 2.80. The molecule has 0 atom stereocenters. The highest BCUT2D eigenvalue weighted by Crippen LogP contribution is 2.35. The van der Waals surface area contributed by atoms with Crippen molar-refractivity contribution in [1.82, 2.24) is 9.97 Å². The molecule has 1 aliphatic heterocycles. The molecule has 0 saturated carbocycles. The number of rotatable bonds is 3. The van der Waals surface area contributed by atoms with Gasteiger partial charge in [0.15, 0.2) is 0 Å². The number of nitrogens with zero attached hydrogens (tertiary/aromatic N) is 3. The van der Waals surface area contributed by atoms with Crippen molar-refractivity contribution in [3.63, 3.8) is 0 Å². The van der Waals surface area contributed by atoms with E-state index in [0.717, 1.165) is 39.4 Å². The summed E-state index contributed by atoms with van der Waals surface area (Å²) in [5, 5.41) is 0.635. The fraction of sp³-hybridized carbons (Fsp3) is 0.150. The highest BCUT2D eigenvalue weighted by atomic mass is 35.5. The highest BCUT2D eigenvalue weighted by Gasteiger charge is 2.23. The second-order valence-electron chi connectivity index (χ2n) is 5.82. The molecule has 0 unspecified atom stereocenters. The Labute approximate surface area is 156 Å². The maximum atomic E-state index is 6.30. The maximum Gasteiger partial charge on any atom is 0.128 e. The van der Waals surface area contributed by atoms with Gasteiger partial charge in [0, 0.05) is 33.5 Å². The molecule has 2 aromatic carbocycles. The fourth-order valence-electron chi connectivity index (χ4n) is 3.11. The third-order valence-electron chi connectivity index (χ3n) is 4.35. The van der Waals surface area contributed by atoms with Gasteiger partial charge in [-0.1, -0.05) is 17.7 Å². The van der Waals surface area contributed by atoms with Crippen molar-refractivity contribution in [1.29, 1.82) is 0 Å². The van der Waals surface area contributed by atoms with Crippen LogP contribution in [0.25, 0.3) is 11.3 Å².